The van der Waals surface area contributed by atoms with Gasteiger partial charge in [0.15, 0.2) is 0 Å². The van der Waals surface area contributed by atoms with Gasteiger partial charge in [-0.05, 0) is 85.9 Å². The van der Waals surface area contributed by atoms with Crippen molar-refractivity contribution in [1.29, 1.82) is 0 Å². The quantitative estimate of drug-likeness (QED) is 0.449. The van der Waals surface area contributed by atoms with Gasteiger partial charge in [0.1, 0.15) is 6.29 Å². The van der Waals surface area contributed by atoms with Gasteiger partial charge in [-0.25, -0.2) is 0 Å². The molecular weight excluding hydrogens is 308 g/mol. The van der Waals surface area contributed by atoms with Crippen LogP contribution in [0, 0.1) is 47.3 Å². The van der Waals surface area contributed by atoms with E-state index >= 15 is 0 Å². The van der Waals surface area contributed by atoms with Crippen molar-refractivity contribution < 1.29 is 9.90 Å². The number of aldehydes is 1. The molecule has 25 heavy (non-hydrogen) atoms. The van der Waals surface area contributed by atoms with E-state index in [1.165, 1.54) is 32.1 Å². The van der Waals surface area contributed by atoms with Crippen molar-refractivity contribution in [2.45, 2.75) is 92.1 Å². The molecule has 2 saturated carbocycles. The van der Waals surface area contributed by atoms with E-state index in [1.807, 2.05) is 0 Å². The minimum atomic E-state index is -0.0810. The first-order valence-electron chi connectivity index (χ1n) is 11.0. The Kier molecular flexibility index (Phi) is 7.98. The number of carbonyl (C=O) groups is 1. The maximum atomic E-state index is 10.7. The highest BCUT2D eigenvalue weighted by atomic mass is 16.3. The Balaban J connectivity index is 2.20. The molecule has 2 rings (SSSR count). The molecule has 0 heterocycles. The zero-order valence-electron chi connectivity index (χ0n) is 17.3. The molecule has 146 valence electrons. The van der Waals surface area contributed by atoms with Gasteiger partial charge in [-0.3, -0.25) is 0 Å². The predicted octanol–water partition coefficient (Wildman–Crippen LogP) is 5.72. The Morgan fingerprint density at radius 1 is 1.08 bits per heavy atom. The number of hydrogen-bond donors (Lipinski definition) is 1. The van der Waals surface area contributed by atoms with E-state index < -0.39 is 0 Å². The molecule has 2 fully saturated rings. The van der Waals surface area contributed by atoms with E-state index in [0.717, 1.165) is 48.7 Å². The van der Waals surface area contributed by atoms with Crippen LogP contribution in [0.15, 0.2) is 0 Å². The highest BCUT2D eigenvalue weighted by molar-refractivity contribution is 5.48. The molecule has 2 aliphatic rings. The van der Waals surface area contributed by atoms with Crippen molar-refractivity contribution in [3.05, 3.63) is 0 Å². The second-order valence-electron chi connectivity index (χ2n) is 9.88. The van der Waals surface area contributed by atoms with Gasteiger partial charge >= 0.3 is 0 Å². The summed E-state index contributed by atoms with van der Waals surface area (Å²) in [5, 5.41) is 10.7. The standard InChI is InChI=1S/C23H42O2/c1-15(2)13-17(4)22-18(5)14-20-21(25)11-10-16(3)23(20)19(22)9-7-6-8-12-24/h12,15-23,25H,6-11,13-14H2,1-5H3/t16-,17?,18-,19+,20?,21?,22+,23-/m0/s1. The lowest BCUT2D eigenvalue weighted by Gasteiger charge is -2.54. The summed E-state index contributed by atoms with van der Waals surface area (Å²) in [5.41, 5.74) is 0. The maximum absolute atomic E-state index is 10.7. The molecule has 8 atom stereocenters. The third-order valence-electron chi connectivity index (χ3n) is 7.46. The minimum absolute atomic E-state index is 0.0810. The van der Waals surface area contributed by atoms with E-state index in [0.29, 0.717) is 24.2 Å². The summed E-state index contributed by atoms with van der Waals surface area (Å²) in [4.78, 5) is 10.7. The molecule has 0 aromatic rings. The third kappa shape index (κ3) is 5.08. The Labute approximate surface area is 156 Å². The van der Waals surface area contributed by atoms with Gasteiger partial charge in [0.05, 0.1) is 6.10 Å². The minimum Gasteiger partial charge on any atom is -0.393 e. The molecule has 0 aliphatic heterocycles. The van der Waals surface area contributed by atoms with Gasteiger partial charge in [-0.15, -0.1) is 0 Å². The van der Waals surface area contributed by atoms with Crippen LogP contribution in [0.4, 0.5) is 0 Å². The van der Waals surface area contributed by atoms with Crippen LogP contribution < -0.4 is 0 Å². The van der Waals surface area contributed by atoms with Crippen molar-refractivity contribution >= 4 is 6.29 Å². The average molecular weight is 351 g/mol. The second kappa shape index (κ2) is 9.53. The van der Waals surface area contributed by atoms with Crippen molar-refractivity contribution in [2.75, 3.05) is 0 Å². The second-order valence-corrected chi connectivity index (χ2v) is 9.88. The molecular formula is C23H42O2. The van der Waals surface area contributed by atoms with E-state index in [9.17, 15) is 9.90 Å². The number of aliphatic hydroxyl groups excluding tert-OH is 1. The molecule has 0 radical (unpaired) electrons. The van der Waals surface area contributed by atoms with Crippen LogP contribution in [-0.4, -0.2) is 17.5 Å². The first kappa shape index (κ1) is 20.9. The Morgan fingerprint density at radius 3 is 2.44 bits per heavy atom. The molecule has 0 amide bonds. The van der Waals surface area contributed by atoms with Crippen LogP contribution >= 0.6 is 0 Å². The SMILES string of the molecule is CC(C)CC(C)[C@H]1[C@@H](CCCCC=O)[C@H]2C(C[C@@H]1C)C(O)CC[C@@H]2C. The fraction of sp³-hybridized carbons (Fsp3) is 0.957. The fourth-order valence-electron chi connectivity index (χ4n) is 6.71. The number of rotatable bonds is 8. The van der Waals surface area contributed by atoms with Crippen LogP contribution in [0.2, 0.25) is 0 Å². The van der Waals surface area contributed by atoms with Gasteiger partial charge < -0.3 is 9.90 Å². The summed E-state index contributed by atoms with van der Waals surface area (Å²) < 4.78 is 0. The number of fused-ring (bicyclic) bond motifs is 1. The predicted molar refractivity (Wildman–Crippen MR) is 105 cm³/mol. The Hall–Kier alpha value is -0.370. The molecule has 1 N–H and O–H groups in total. The molecule has 2 nitrogen and oxygen atoms in total. The lowest BCUT2D eigenvalue weighted by atomic mass is 9.51. The monoisotopic (exact) mass is 350 g/mol. The van der Waals surface area contributed by atoms with Crippen LogP contribution in [0.25, 0.3) is 0 Å². The highest BCUT2D eigenvalue weighted by Gasteiger charge is 2.49. The molecule has 0 bridgehead atoms. The van der Waals surface area contributed by atoms with Crippen molar-refractivity contribution in [3.8, 4) is 0 Å². The first-order chi connectivity index (χ1) is 11.9. The summed E-state index contributed by atoms with van der Waals surface area (Å²) in [6, 6.07) is 0. The fourth-order valence-corrected chi connectivity index (χ4v) is 6.71. The normalized spacial score (nSPS) is 39.9. The van der Waals surface area contributed by atoms with Crippen LogP contribution in [0.1, 0.15) is 86.0 Å². The lowest BCUT2D eigenvalue weighted by Crippen LogP contribution is -2.50. The average Bonchev–Trinajstić information content (AvgIpc) is 2.53. The van der Waals surface area contributed by atoms with Crippen molar-refractivity contribution in [3.63, 3.8) is 0 Å². The number of carbonyl (C=O) groups excluding carboxylic acids is 1. The Bertz CT molecular complexity index is 405. The third-order valence-corrected chi connectivity index (χ3v) is 7.46. The molecule has 2 heteroatoms. The van der Waals surface area contributed by atoms with E-state index in [4.69, 9.17) is 0 Å². The molecule has 0 aromatic carbocycles. The number of hydrogen-bond acceptors (Lipinski definition) is 2. The largest absolute Gasteiger partial charge is 0.393 e. The summed E-state index contributed by atoms with van der Waals surface area (Å²) in [7, 11) is 0. The topological polar surface area (TPSA) is 37.3 Å². The van der Waals surface area contributed by atoms with Gasteiger partial charge in [0, 0.05) is 6.42 Å². The molecule has 3 unspecified atom stereocenters. The summed E-state index contributed by atoms with van der Waals surface area (Å²) in [6.45, 7) is 12.0. The summed E-state index contributed by atoms with van der Waals surface area (Å²) in [5.74, 6) is 5.69. The zero-order valence-corrected chi connectivity index (χ0v) is 17.3. The highest BCUT2D eigenvalue weighted by Crippen LogP contribution is 2.55. The Morgan fingerprint density at radius 2 is 1.80 bits per heavy atom. The van der Waals surface area contributed by atoms with Gasteiger partial charge in [-0.1, -0.05) is 41.0 Å². The number of aliphatic hydroxyl groups is 1. The van der Waals surface area contributed by atoms with Gasteiger partial charge in [-0.2, -0.15) is 0 Å². The lowest BCUT2D eigenvalue weighted by molar-refractivity contribution is -0.108. The smallest absolute Gasteiger partial charge is 0.119 e. The maximum Gasteiger partial charge on any atom is 0.119 e. The van der Waals surface area contributed by atoms with E-state index in [2.05, 4.69) is 34.6 Å². The van der Waals surface area contributed by atoms with Crippen LogP contribution in [0.5, 0.6) is 0 Å². The first-order valence-corrected chi connectivity index (χ1v) is 11.0. The van der Waals surface area contributed by atoms with E-state index in [1.54, 1.807) is 0 Å². The van der Waals surface area contributed by atoms with Gasteiger partial charge in [0.25, 0.3) is 0 Å². The molecule has 0 saturated heterocycles. The van der Waals surface area contributed by atoms with E-state index in [-0.39, 0.29) is 6.10 Å². The summed E-state index contributed by atoms with van der Waals surface area (Å²) in [6.07, 6.45) is 9.88. The van der Waals surface area contributed by atoms with Crippen LogP contribution in [-0.2, 0) is 4.79 Å². The zero-order chi connectivity index (χ0) is 18.6. The van der Waals surface area contributed by atoms with Crippen molar-refractivity contribution in [1.82, 2.24) is 0 Å². The molecule has 0 spiro atoms. The van der Waals surface area contributed by atoms with Gasteiger partial charge in [0.2, 0.25) is 0 Å². The molecule has 0 aromatic heterocycles. The van der Waals surface area contributed by atoms with Crippen LogP contribution in [0.3, 0.4) is 0 Å². The summed E-state index contributed by atoms with van der Waals surface area (Å²) >= 11 is 0. The molecule has 2 aliphatic carbocycles. The van der Waals surface area contributed by atoms with Crippen molar-refractivity contribution in [2.24, 2.45) is 47.3 Å². The number of unbranched alkanes of at least 4 members (excludes halogenated alkanes) is 2.